The fourth-order valence-electron chi connectivity index (χ4n) is 3.67. The summed E-state index contributed by atoms with van der Waals surface area (Å²) in [7, 11) is -1.99. The maximum absolute atomic E-state index is 13.0. The Balaban J connectivity index is 1.60. The number of hydrogen-bond donors (Lipinski definition) is 0. The van der Waals surface area contributed by atoms with Crippen LogP contribution in [0.4, 0.5) is 11.4 Å². The number of nitrogens with zero attached hydrogens (tertiary/aromatic N) is 5. The zero-order chi connectivity index (χ0) is 18.5. The van der Waals surface area contributed by atoms with Gasteiger partial charge in [-0.2, -0.15) is 18.0 Å². The number of likely N-dealkylation sites (N-methyl/N-ethyl adjacent to an activating group) is 1. The normalized spacial score (nSPS) is 25.2. The first-order valence-corrected chi connectivity index (χ1v) is 9.79. The molecule has 3 aliphatic heterocycles. The molecule has 0 aliphatic carbocycles. The summed E-state index contributed by atoms with van der Waals surface area (Å²) in [5.41, 5.74) is 1.14. The lowest BCUT2D eigenvalue weighted by Crippen LogP contribution is -2.41. The summed E-state index contributed by atoms with van der Waals surface area (Å²) in [6.45, 7) is 1.70. The summed E-state index contributed by atoms with van der Waals surface area (Å²) < 4.78 is 34.3. The molecule has 0 N–H and O–H groups in total. The summed E-state index contributed by atoms with van der Waals surface area (Å²) in [5.74, 6) is 0.350. The van der Waals surface area contributed by atoms with Crippen molar-refractivity contribution in [1.29, 1.82) is 5.26 Å². The van der Waals surface area contributed by atoms with E-state index in [4.69, 9.17) is 10.00 Å². The Morgan fingerprint density at radius 2 is 2.08 bits per heavy atom. The van der Waals surface area contributed by atoms with Crippen LogP contribution in [0.15, 0.2) is 18.2 Å². The molecule has 138 valence electrons. The molecular weight excluding hydrogens is 358 g/mol. The van der Waals surface area contributed by atoms with Crippen molar-refractivity contribution < 1.29 is 17.9 Å². The van der Waals surface area contributed by atoms with Gasteiger partial charge in [0.05, 0.1) is 11.4 Å². The molecule has 1 atom stereocenters. The molecule has 0 unspecified atom stereocenters. The predicted octanol–water partition coefficient (Wildman–Crippen LogP) is -0.0360. The number of fused-ring (bicyclic) bond motifs is 1. The van der Waals surface area contributed by atoms with Crippen LogP contribution in [0.25, 0.3) is 0 Å². The number of nitriles is 1. The lowest BCUT2D eigenvalue weighted by Gasteiger charge is -2.28. The summed E-state index contributed by atoms with van der Waals surface area (Å²) >= 11 is 0. The SMILES string of the molecule is CN1C(=O)COc2cc(N3CCN([C@@H]4CCN(C#N)C4)S3(=O)=O)ccc21. The Kier molecular flexibility index (Phi) is 3.93. The predicted molar refractivity (Wildman–Crippen MR) is 93.9 cm³/mol. The van der Waals surface area contributed by atoms with E-state index >= 15 is 0 Å². The van der Waals surface area contributed by atoms with Crippen LogP contribution < -0.4 is 13.9 Å². The molecule has 0 saturated carbocycles. The van der Waals surface area contributed by atoms with Crippen LogP contribution in [0.1, 0.15) is 6.42 Å². The molecular formula is C16H19N5O4S. The third-order valence-electron chi connectivity index (χ3n) is 5.13. The molecule has 10 heteroatoms. The number of hydrogen-bond acceptors (Lipinski definition) is 6. The van der Waals surface area contributed by atoms with E-state index in [1.165, 1.54) is 13.5 Å². The monoisotopic (exact) mass is 377 g/mol. The Bertz CT molecular complexity index is 896. The highest BCUT2D eigenvalue weighted by Crippen LogP contribution is 2.37. The highest BCUT2D eigenvalue weighted by Gasteiger charge is 2.43. The molecule has 2 saturated heterocycles. The zero-order valence-corrected chi connectivity index (χ0v) is 15.1. The van der Waals surface area contributed by atoms with Gasteiger partial charge in [-0.25, -0.2) is 0 Å². The number of benzene rings is 1. The van der Waals surface area contributed by atoms with Crippen molar-refractivity contribution in [1.82, 2.24) is 9.21 Å². The van der Waals surface area contributed by atoms with Crippen LogP contribution in [-0.4, -0.2) is 69.4 Å². The van der Waals surface area contributed by atoms with Gasteiger partial charge in [-0.3, -0.25) is 9.10 Å². The van der Waals surface area contributed by atoms with Crippen LogP contribution in [0, 0.1) is 11.5 Å². The average molecular weight is 377 g/mol. The number of ether oxygens (including phenoxy) is 1. The Labute approximate surface area is 152 Å². The van der Waals surface area contributed by atoms with Crippen LogP contribution in [0.3, 0.4) is 0 Å². The summed E-state index contributed by atoms with van der Waals surface area (Å²) in [5, 5.41) is 9.00. The molecule has 3 heterocycles. The topological polar surface area (TPSA) is 97.2 Å². The second-order valence-corrected chi connectivity index (χ2v) is 8.38. The van der Waals surface area contributed by atoms with E-state index < -0.39 is 10.2 Å². The van der Waals surface area contributed by atoms with Gasteiger partial charge in [0.2, 0.25) is 0 Å². The number of carbonyl (C=O) groups excluding carboxylic acids is 1. The smallest absolute Gasteiger partial charge is 0.304 e. The van der Waals surface area contributed by atoms with Gasteiger partial charge in [0.15, 0.2) is 12.8 Å². The number of rotatable bonds is 2. The van der Waals surface area contributed by atoms with E-state index in [9.17, 15) is 13.2 Å². The number of likely N-dealkylation sites (tertiary alicyclic amines) is 1. The molecule has 1 aromatic carbocycles. The third kappa shape index (κ3) is 2.55. The number of anilines is 2. The lowest BCUT2D eigenvalue weighted by atomic mass is 10.2. The molecule has 26 heavy (non-hydrogen) atoms. The van der Waals surface area contributed by atoms with E-state index in [0.29, 0.717) is 49.7 Å². The molecule has 1 amide bonds. The van der Waals surface area contributed by atoms with Gasteiger partial charge in [-0.1, -0.05) is 0 Å². The first kappa shape index (κ1) is 16.9. The first-order valence-electron chi connectivity index (χ1n) is 8.39. The van der Waals surface area contributed by atoms with Crippen LogP contribution in [-0.2, 0) is 15.0 Å². The first-order chi connectivity index (χ1) is 12.4. The third-order valence-corrected chi connectivity index (χ3v) is 7.15. The second-order valence-electron chi connectivity index (χ2n) is 6.57. The van der Waals surface area contributed by atoms with Gasteiger partial charge in [0.25, 0.3) is 5.91 Å². The lowest BCUT2D eigenvalue weighted by molar-refractivity contribution is -0.120. The van der Waals surface area contributed by atoms with E-state index in [0.717, 1.165) is 0 Å². The summed E-state index contributed by atoms with van der Waals surface area (Å²) in [6, 6.07) is 4.87. The van der Waals surface area contributed by atoms with Crippen LogP contribution in [0.2, 0.25) is 0 Å². The number of carbonyl (C=O) groups is 1. The van der Waals surface area contributed by atoms with E-state index in [2.05, 4.69) is 6.19 Å². The second kappa shape index (κ2) is 6.03. The van der Waals surface area contributed by atoms with Gasteiger partial charge >= 0.3 is 10.2 Å². The minimum atomic E-state index is -3.65. The molecule has 0 bridgehead atoms. The molecule has 2 fully saturated rings. The molecule has 3 aliphatic rings. The van der Waals surface area contributed by atoms with Crippen LogP contribution >= 0.6 is 0 Å². The Morgan fingerprint density at radius 1 is 1.27 bits per heavy atom. The average Bonchev–Trinajstić information content (AvgIpc) is 3.21. The summed E-state index contributed by atoms with van der Waals surface area (Å²) in [6.07, 6.45) is 2.73. The standard InChI is InChI=1S/C16H19N5O4S/c1-18-14-3-2-12(8-15(14)25-10-16(18)22)20-6-7-21(26(20,23)24)13-4-5-19(9-13)11-17/h2-3,8,13H,4-7,9-10H2,1H3/t13-/m1/s1. The zero-order valence-electron chi connectivity index (χ0n) is 14.3. The van der Waals surface area contributed by atoms with Crippen LogP contribution in [0.5, 0.6) is 5.75 Å². The fourth-order valence-corrected chi connectivity index (χ4v) is 5.48. The fraction of sp³-hybridized carbons (Fsp3) is 0.500. The molecule has 9 nitrogen and oxygen atoms in total. The van der Waals surface area contributed by atoms with Gasteiger partial charge in [0.1, 0.15) is 5.75 Å². The molecule has 4 rings (SSSR count). The molecule has 0 radical (unpaired) electrons. The van der Waals surface area contributed by atoms with Crippen molar-refractivity contribution in [3.05, 3.63) is 18.2 Å². The van der Waals surface area contributed by atoms with E-state index in [1.807, 2.05) is 0 Å². The minimum absolute atomic E-state index is 0.0576. The molecule has 0 aromatic heterocycles. The van der Waals surface area contributed by atoms with Crippen molar-refractivity contribution in [2.45, 2.75) is 12.5 Å². The highest BCUT2D eigenvalue weighted by molar-refractivity contribution is 7.90. The minimum Gasteiger partial charge on any atom is -0.481 e. The molecule has 1 aromatic rings. The maximum Gasteiger partial charge on any atom is 0.304 e. The van der Waals surface area contributed by atoms with Crippen molar-refractivity contribution in [2.24, 2.45) is 0 Å². The van der Waals surface area contributed by atoms with Gasteiger partial charge in [-0.05, 0) is 18.6 Å². The summed E-state index contributed by atoms with van der Waals surface area (Å²) in [4.78, 5) is 14.8. The van der Waals surface area contributed by atoms with Crippen molar-refractivity contribution >= 4 is 27.5 Å². The Morgan fingerprint density at radius 3 is 2.81 bits per heavy atom. The number of amides is 1. The van der Waals surface area contributed by atoms with Crippen molar-refractivity contribution in [3.8, 4) is 11.9 Å². The largest absolute Gasteiger partial charge is 0.481 e. The molecule has 0 spiro atoms. The van der Waals surface area contributed by atoms with Gasteiger partial charge < -0.3 is 14.5 Å². The highest BCUT2D eigenvalue weighted by atomic mass is 32.2. The van der Waals surface area contributed by atoms with Crippen molar-refractivity contribution in [3.63, 3.8) is 0 Å². The maximum atomic E-state index is 13.0. The van der Waals surface area contributed by atoms with E-state index in [-0.39, 0.29) is 18.6 Å². The van der Waals surface area contributed by atoms with E-state index in [1.54, 1.807) is 30.1 Å². The Hall–Kier alpha value is -2.51. The van der Waals surface area contributed by atoms with Gasteiger partial charge in [-0.15, -0.1) is 0 Å². The quantitative estimate of drug-likeness (QED) is 0.671. The van der Waals surface area contributed by atoms with Crippen molar-refractivity contribution in [2.75, 3.05) is 49.0 Å². The van der Waals surface area contributed by atoms with Gasteiger partial charge in [0, 0.05) is 45.3 Å².